The fraction of sp³-hybridized carbons (Fsp3) is 0.895. The molecule has 0 aromatic heterocycles. The highest BCUT2D eigenvalue weighted by molar-refractivity contribution is 6.26. The first kappa shape index (κ1) is 25.5. The van der Waals surface area contributed by atoms with Crippen molar-refractivity contribution >= 4 is 23.5 Å². The molecule has 0 saturated heterocycles. The summed E-state index contributed by atoms with van der Waals surface area (Å²) in [5, 5.41) is 8.47. The highest BCUT2D eigenvalue weighted by Gasteiger charge is 1.96. The van der Waals surface area contributed by atoms with E-state index in [0.717, 1.165) is 12.8 Å². The van der Waals surface area contributed by atoms with Crippen molar-refractivity contribution in [1.29, 1.82) is 0 Å². The van der Waals surface area contributed by atoms with Crippen molar-refractivity contribution in [3.05, 3.63) is 0 Å². The second-order valence-electron chi connectivity index (χ2n) is 5.97. The summed E-state index contributed by atoms with van der Waals surface area (Å²) in [5.41, 5.74) is 0. The third-order valence-corrected chi connectivity index (χ3v) is 3.88. The molecular formula is C19H37ClO4. The smallest absolute Gasteiger partial charge is 0.320 e. The van der Waals surface area contributed by atoms with Crippen LogP contribution >= 0.6 is 11.6 Å². The Labute approximate surface area is 153 Å². The van der Waals surface area contributed by atoms with Crippen molar-refractivity contribution in [3.63, 3.8) is 0 Å². The van der Waals surface area contributed by atoms with E-state index in [1.165, 1.54) is 64.2 Å². The molecule has 0 bridgehead atoms. The van der Waals surface area contributed by atoms with Crippen molar-refractivity contribution in [1.82, 2.24) is 0 Å². The summed E-state index contributed by atoms with van der Waals surface area (Å²) < 4.78 is 4.42. The zero-order chi connectivity index (χ0) is 18.5. The largest absolute Gasteiger partial charge is 0.481 e. The number of rotatable bonds is 15. The molecule has 0 amide bonds. The van der Waals surface area contributed by atoms with Crippen LogP contribution in [0.1, 0.15) is 97.3 Å². The predicted molar refractivity (Wildman–Crippen MR) is 101 cm³/mol. The Hall–Kier alpha value is -0.770. The summed E-state index contributed by atoms with van der Waals surface area (Å²) in [5.74, 6) is -1.06. The SMILES string of the molecule is CCCCCCCCCCCCCCC(=O)O.CCOC(=O)CCl. The molecule has 0 spiro atoms. The second kappa shape index (κ2) is 22.2. The third kappa shape index (κ3) is 26.1. The lowest BCUT2D eigenvalue weighted by atomic mass is 10.0. The maximum absolute atomic E-state index is 10.3. The Morgan fingerprint density at radius 3 is 1.50 bits per heavy atom. The molecule has 0 atom stereocenters. The highest BCUT2D eigenvalue weighted by Crippen LogP contribution is 2.12. The molecule has 0 fully saturated rings. The minimum Gasteiger partial charge on any atom is -0.481 e. The van der Waals surface area contributed by atoms with Gasteiger partial charge in [0.05, 0.1) is 6.61 Å². The lowest BCUT2D eigenvalue weighted by Gasteiger charge is -2.02. The Morgan fingerprint density at radius 1 is 0.792 bits per heavy atom. The first-order valence-corrected chi connectivity index (χ1v) is 10.0. The number of carboxylic acids is 1. The molecule has 0 heterocycles. The molecule has 0 rings (SSSR count). The molecule has 0 saturated carbocycles. The van der Waals surface area contributed by atoms with Gasteiger partial charge in [-0.15, -0.1) is 11.6 Å². The van der Waals surface area contributed by atoms with Gasteiger partial charge >= 0.3 is 11.9 Å². The highest BCUT2D eigenvalue weighted by atomic mass is 35.5. The third-order valence-electron chi connectivity index (χ3n) is 3.66. The van der Waals surface area contributed by atoms with E-state index in [0.29, 0.717) is 13.0 Å². The predicted octanol–water partition coefficient (Wildman–Crippen LogP) is 5.95. The molecule has 0 aliphatic heterocycles. The van der Waals surface area contributed by atoms with Crippen molar-refractivity contribution in [3.8, 4) is 0 Å². The van der Waals surface area contributed by atoms with Gasteiger partial charge in [-0.1, -0.05) is 77.6 Å². The van der Waals surface area contributed by atoms with E-state index in [2.05, 4.69) is 11.7 Å². The van der Waals surface area contributed by atoms with Gasteiger partial charge in [-0.3, -0.25) is 9.59 Å². The maximum Gasteiger partial charge on any atom is 0.320 e. The number of carbonyl (C=O) groups excluding carboxylic acids is 1. The Bertz CT molecular complexity index is 283. The fourth-order valence-corrected chi connectivity index (χ4v) is 2.39. The van der Waals surface area contributed by atoms with Gasteiger partial charge < -0.3 is 9.84 Å². The number of hydrogen-bond acceptors (Lipinski definition) is 3. The zero-order valence-corrected chi connectivity index (χ0v) is 16.4. The van der Waals surface area contributed by atoms with Gasteiger partial charge in [0.1, 0.15) is 5.88 Å². The minimum atomic E-state index is -0.655. The van der Waals surface area contributed by atoms with Gasteiger partial charge in [-0.05, 0) is 13.3 Å². The van der Waals surface area contributed by atoms with Crippen LogP contribution in [-0.2, 0) is 14.3 Å². The quantitative estimate of drug-likeness (QED) is 0.221. The van der Waals surface area contributed by atoms with Crippen molar-refractivity contribution in [2.75, 3.05) is 12.5 Å². The van der Waals surface area contributed by atoms with Gasteiger partial charge in [0.25, 0.3) is 0 Å². The zero-order valence-electron chi connectivity index (χ0n) is 15.7. The average molecular weight is 365 g/mol. The second-order valence-corrected chi connectivity index (χ2v) is 6.24. The molecule has 0 radical (unpaired) electrons. The molecule has 0 aliphatic carbocycles. The van der Waals surface area contributed by atoms with Crippen LogP contribution in [0.5, 0.6) is 0 Å². The number of aliphatic carboxylic acids is 1. The van der Waals surface area contributed by atoms with Crippen LogP contribution in [0.3, 0.4) is 0 Å². The molecule has 4 nitrogen and oxygen atoms in total. The molecular weight excluding hydrogens is 328 g/mol. The van der Waals surface area contributed by atoms with E-state index in [-0.39, 0.29) is 11.8 Å². The number of ether oxygens (including phenoxy) is 1. The first-order valence-electron chi connectivity index (χ1n) is 9.51. The van der Waals surface area contributed by atoms with Crippen LogP contribution < -0.4 is 0 Å². The Kier molecular flexibility index (Phi) is 23.6. The van der Waals surface area contributed by atoms with E-state index in [1.807, 2.05) is 0 Å². The summed E-state index contributed by atoms with van der Waals surface area (Å²) in [7, 11) is 0. The molecule has 144 valence electrons. The van der Waals surface area contributed by atoms with Gasteiger partial charge in [-0.2, -0.15) is 0 Å². The lowest BCUT2D eigenvalue weighted by molar-refractivity contribution is -0.140. The number of hydrogen-bond donors (Lipinski definition) is 1. The summed E-state index contributed by atoms with van der Waals surface area (Å²) in [6.45, 7) is 4.40. The normalized spacial score (nSPS) is 9.96. The van der Waals surface area contributed by atoms with Crippen LogP contribution in [0.4, 0.5) is 0 Å². The van der Waals surface area contributed by atoms with Gasteiger partial charge in [0.15, 0.2) is 0 Å². The summed E-state index contributed by atoms with van der Waals surface area (Å²) in [6.07, 6.45) is 15.8. The lowest BCUT2D eigenvalue weighted by Crippen LogP contribution is -2.03. The number of carboxylic acid groups (broad SMARTS) is 1. The van der Waals surface area contributed by atoms with Crippen molar-refractivity contribution in [2.45, 2.75) is 97.3 Å². The van der Waals surface area contributed by atoms with E-state index >= 15 is 0 Å². The van der Waals surface area contributed by atoms with Crippen LogP contribution in [0.25, 0.3) is 0 Å². The number of halogens is 1. The number of esters is 1. The van der Waals surface area contributed by atoms with E-state index in [9.17, 15) is 9.59 Å². The molecule has 0 aromatic carbocycles. The minimum absolute atomic E-state index is 0.0478. The number of alkyl halides is 1. The number of carbonyl (C=O) groups is 2. The molecule has 1 N–H and O–H groups in total. The van der Waals surface area contributed by atoms with Crippen molar-refractivity contribution < 1.29 is 19.4 Å². The molecule has 24 heavy (non-hydrogen) atoms. The van der Waals surface area contributed by atoms with Crippen LogP contribution in [0.2, 0.25) is 0 Å². The van der Waals surface area contributed by atoms with E-state index in [1.54, 1.807) is 6.92 Å². The standard InChI is InChI=1S/C15H30O2.C4H7ClO2/c1-2-3-4-5-6-7-8-9-10-11-12-13-14-15(16)17;1-2-7-4(6)3-5/h2-14H2,1H3,(H,16,17);2-3H2,1H3. The Morgan fingerprint density at radius 2 is 1.21 bits per heavy atom. The topological polar surface area (TPSA) is 63.6 Å². The van der Waals surface area contributed by atoms with Crippen LogP contribution in [0, 0.1) is 0 Å². The summed E-state index contributed by atoms with van der Waals surface area (Å²) in [6, 6.07) is 0. The maximum atomic E-state index is 10.3. The van der Waals surface area contributed by atoms with Crippen LogP contribution in [-0.4, -0.2) is 29.5 Å². The van der Waals surface area contributed by atoms with E-state index < -0.39 is 5.97 Å². The molecule has 0 aromatic rings. The van der Waals surface area contributed by atoms with Gasteiger partial charge in [-0.25, -0.2) is 0 Å². The summed E-state index contributed by atoms with van der Waals surface area (Å²) in [4.78, 5) is 20.3. The average Bonchev–Trinajstić information content (AvgIpc) is 2.56. The fourth-order valence-electron chi connectivity index (χ4n) is 2.32. The summed E-state index contributed by atoms with van der Waals surface area (Å²) >= 11 is 5.06. The van der Waals surface area contributed by atoms with Crippen LogP contribution in [0.15, 0.2) is 0 Å². The van der Waals surface area contributed by atoms with Gasteiger partial charge in [0.2, 0.25) is 0 Å². The molecule has 0 unspecified atom stereocenters. The molecule has 5 heteroatoms. The molecule has 0 aliphatic rings. The number of unbranched alkanes of at least 4 members (excludes halogenated alkanes) is 11. The van der Waals surface area contributed by atoms with Gasteiger partial charge in [0, 0.05) is 6.42 Å². The Balaban J connectivity index is 0. The van der Waals surface area contributed by atoms with E-state index in [4.69, 9.17) is 16.7 Å². The van der Waals surface area contributed by atoms with Crippen molar-refractivity contribution in [2.24, 2.45) is 0 Å². The monoisotopic (exact) mass is 364 g/mol. The first-order chi connectivity index (χ1) is 11.6.